The van der Waals surface area contributed by atoms with Crippen molar-refractivity contribution in [2.45, 2.75) is 25.3 Å². The Labute approximate surface area is 119 Å². The van der Waals surface area contributed by atoms with E-state index in [0.717, 1.165) is 25.3 Å². The normalized spacial score (nSPS) is 29.1. The Kier molecular flexibility index (Phi) is 3.92. The summed E-state index contributed by atoms with van der Waals surface area (Å²) in [5, 5.41) is 0. The van der Waals surface area contributed by atoms with Gasteiger partial charge in [-0.3, -0.25) is 4.79 Å². The Morgan fingerprint density at radius 3 is 2.80 bits per heavy atom. The van der Waals surface area contributed by atoms with Crippen molar-refractivity contribution in [1.29, 1.82) is 0 Å². The lowest BCUT2D eigenvalue weighted by molar-refractivity contribution is -0.132. The minimum Gasteiger partial charge on any atom is -0.484 e. The maximum atomic E-state index is 12.2. The highest BCUT2D eigenvalue weighted by atomic mass is 16.5. The fraction of sp³-hybridized carbons (Fsp3) is 0.562. The number of fused-ring (bicyclic) bond motifs is 1. The van der Waals surface area contributed by atoms with Crippen molar-refractivity contribution in [3.05, 3.63) is 30.3 Å². The van der Waals surface area contributed by atoms with Crippen molar-refractivity contribution in [2.75, 3.05) is 19.7 Å². The molecule has 0 aromatic heterocycles. The van der Waals surface area contributed by atoms with Gasteiger partial charge in [-0.25, -0.2) is 0 Å². The quantitative estimate of drug-likeness (QED) is 0.912. The number of amides is 1. The van der Waals surface area contributed by atoms with Gasteiger partial charge >= 0.3 is 0 Å². The van der Waals surface area contributed by atoms with Crippen LogP contribution in [0.5, 0.6) is 5.75 Å². The third-order valence-electron chi connectivity index (χ3n) is 4.61. The van der Waals surface area contributed by atoms with Crippen LogP contribution in [0.2, 0.25) is 0 Å². The van der Waals surface area contributed by atoms with E-state index in [-0.39, 0.29) is 18.6 Å². The third kappa shape index (κ3) is 2.80. The SMILES string of the molecule is NC1CCCC2CN(C(=O)COc3ccccc3)CC12. The van der Waals surface area contributed by atoms with Crippen molar-refractivity contribution < 1.29 is 9.53 Å². The van der Waals surface area contributed by atoms with Crippen molar-refractivity contribution in [2.24, 2.45) is 17.6 Å². The molecule has 1 aliphatic carbocycles. The maximum absolute atomic E-state index is 12.2. The fourth-order valence-electron chi connectivity index (χ4n) is 3.47. The molecule has 2 aliphatic rings. The van der Waals surface area contributed by atoms with Crippen LogP contribution in [-0.4, -0.2) is 36.5 Å². The first kappa shape index (κ1) is 13.4. The van der Waals surface area contributed by atoms with Gasteiger partial charge in [-0.2, -0.15) is 0 Å². The zero-order valence-corrected chi connectivity index (χ0v) is 11.7. The predicted molar refractivity (Wildman–Crippen MR) is 77.3 cm³/mol. The minimum absolute atomic E-state index is 0.0791. The number of ether oxygens (including phenoxy) is 1. The second kappa shape index (κ2) is 5.83. The van der Waals surface area contributed by atoms with E-state index in [9.17, 15) is 4.79 Å². The van der Waals surface area contributed by atoms with Gasteiger partial charge in [0.1, 0.15) is 5.75 Å². The van der Waals surface area contributed by atoms with Gasteiger partial charge in [0.25, 0.3) is 5.91 Å². The molecule has 1 amide bonds. The van der Waals surface area contributed by atoms with E-state index in [1.807, 2.05) is 35.2 Å². The summed E-state index contributed by atoms with van der Waals surface area (Å²) in [6.07, 6.45) is 3.51. The number of carbonyl (C=O) groups is 1. The fourth-order valence-corrected chi connectivity index (χ4v) is 3.47. The van der Waals surface area contributed by atoms with E-state index < -0.39 is 0 Å². The van der Waals surface area contributed by atoms with Crippen LogP contribution in [0.3, 0.4) is 0 Å². The van der Waals surface area contributed by atoms with Crippen LogP contribution in [0.4, 0.5) is 0 Å². The number of hydrogen-bond acceptors (Lipinski definition) is 3. The number of hydrogen-bond donors (Lipinski definition) is 1. The van der Waals surface area contributed by atoms with Crippen LogP contribution in [0.25, 0.3) is 0 Å². The topological polar surface area (TPSA) is 55.6 Å². The molecular formula is C16H22N2O2. The molecule has 3 rings (SSSR count). The Balaban J connectivity index is 1.53. The zero-order chi connectivity index (χ0) is 13.9. The van der Waals surface area contributed by atoms with Gasteiger partial charge in [0.05, 0.1) is 0 Å². The monoisotopic (exact) mass is 274 g/mol. The van der Waals surface area contributed by atoms with Crippen LogP contribution < -0.4 is 10.5 Å². The summed E-state index contributed by atoms with van der Waals surface area (Å²) < 4.78 is 5.54. The molecule has 2 N–H and O–H groups in total. The average Bonchev–Trinajstić information content (AvgIpc) is 2.91. The number of rotatable bonds is 3. The van der Waals surface area contributed by atoms with Gasteiger partial charge in [-0.1, -0.05) is 24.6 Å². The van der Waals surface area contributed by atoms with E-state index >= 15 is 0 Å². The summed E-state index contributed by atoms with van der Waals surface area (Å²) >= 11 is 0. The van der Waals surface area contributed by atoms with E-state index in [1.54, 1.807) is 0 Å². The highest BCUT2D eigenvalue weighted by Crippen LogP contribution is 2.35. The second-order valence-electron chi connectivity index (χ2n) is 5.92. The van der Waals surface area contributed by atoms with Crippen LogP contribution in [0.1, 0.15) is 19.3 Å². The van der Waals surface area contributed by atoms with Gasteiger partial charge in [-0.05, 0) is 36.8 Å². The Morgan fingerprint density at radius 2 is 2.05 bits per heavy atom. The average molecular weight is 274 g/mol. The summed E-state index contributed by atoms with van der Waals surface area (Å²) in [5.74, 6) is 1.91. The summed E-state index contributed by atoms with van der Waals surface area (Å²) in [6, 6.07) is 9.75. The van der Waals surface area contributed by atoms with Gasteiger partial charge < -0.3 is 15.4 Å². The van der Waals surface area contributed by atoms with Gasteiger partial charge in [-0.15, -0.1) is 0 Å². The Hall–Kier alpha value is -1.55. The van der Waals surface area contributed by atoms with Gasteiger partial charge in [0.15, 0.2) is 6.61 Å². The molecule has 1 saturated heterocycles. The summed E-state index contributed by atoms with van der Waals surface area (Å²) in [5.41, 5.74) is 6.18. The molecule has 4 nitrogen and oxygen atoms in total. The molecular weight excluding hydrogens is 252 g/mol. The Morgan fingerprint density at radius 1 is 1.25 bits per heavy atom. The second-order valence-corrected chi connectivity index (χ2v) is 5.92. The molecule has 0 bridgehead atoms. The molecule has 3 unspecified atom stereocenters. The maximum Gasteiger partial charge on any atom is 0.260 e. The lowest BCUT2D eigenvalue weighted by atomic mass is 9.78. The molecule has 0 spiro atoms. The van der Waals surface area contributed by atoms with Crippen LogP contribution >= 0.6 is 0 Å². The molecule has 1 aliphatic heterocycles. The molecule has 1 aromatic rings. The summed E-state index contributed by atoms with van der Waals surface area (Å²) in [6.45, 7) is 1.79. The van der Waals surface area contributed by atoms with Crippen LogP contribution in [0.15, 0.2) is 30.3 Å². The first-order valence-electron chi connectivity index (χ1n) is 7.45. The van der Waals surface area contributed by atoms with E-state index in [2.05, 4.69) is 0 Å². The van der Waals surface area contributed by atoms with Gasteiger partial charge in [0.2, 0.25) is 0 Å². The van der Waals surface area contributed by atoms with Crippen molar-refractivity contribution in [3.8, 4) is 5.75 Å². The number of benzene rings is 1. The molecule has 1 heterocycles. The molecule has 1 aromatic carbocycles. The number of carbonyl (C=O) groups excluding carboxylic acids is 1. The van der Waals surface area contributed by atoms with E-state index in [4.69, 9.17) is 10.5 Å². The molecule has 0 radical (unpaired) electrons. The number of nitrogens with zero attached hydrogens (tertiary/aromatic N) is 1. The molecule has 108 valence electrons. The molecule has 3 atom stereocenters. The van der Waals surface area contributed by atoms with Crippen LogP contribution in [0, 0.1) is 11.8 Å². The van der Waals surface area contributed by atoms with Crippen molar-refractivity contribution in [3.63, 3.8) is 0 Å². The lowest BCUT2D eigenvalue weighted by Crippen LogP contribution is -2.39. The minimum atomic E-state index is 0.0791. The molecule has 1 saturated carbocycles. The summed E-state index contributed by atoms with van der Waals surface area (Å²) in [4.78, 5) is 14.2. The third-order valence-corrected chi connectivity index (χ3v) is 4.61. The lowest BCUT2D eigenvalue weighted by Gasteiger charge is -2.29. The smallest absolute Gasteiger partial charge is 0.260 e. The zero-order valence-electron chi connectivity index (χ0n) is 11.7. The highest BCUT2D eigenvalue weighted by Gasteiger charge is 2.40. The van der Waals surface area contributed by atoms with E-state index in [0.29, 0.717) is 11.8 Å². The first-order valence-corrected chi connectivity index (χ1v) is 7.45. The molecule has 4 heteroatoms. The van der Waals surface area contributed by atoms with Crippen molar-refractivity contribution in [1.82, 2.24) is 4.90 Å². The highest BCUT2D eigenvalue weighted by molar-refractivity contribution is 5.78. The number of likely N-dealkylation sites (tertiary alicyclic amines) is 1. The van der Waals surface area contributed by atoms with Crippen LogP contribution in [-0.2, 0) is 4.79 Å². The largest absolute Gasteiger partial charge is 0.484 e. The number of nitrogens with two attached hydrogens (primary N) is 1. The van der Waals surface area contributed by atoms with E-state index in [1.165, 1.54) is 12.8 Å². The number of para-hydroxylation sites is 1. The first-order chi connectivity index (χ1) is 9.74. The molecule has 20 heavy (non-hydrogen) atoms. The molecule has 2 fully saturated rings. The standard InChI is InChI=1S/C16H22N2O2/c17-15-8-4-5-12-9-18(10-14(12)15)16(19)11-20-13-6-2-1-3-7-13/h1-3,6-7,12,14-15H,4-5,8-11,17H2. The van der Waals surface area contributed by atoms with Crippen molar-refractivity contribution >= 4 is 5.91 Å². The predicted octanol–water partition coefficient (Wildman–Crippen LogP) is 1.65. The Bertz CT molecular complexity index is 463. The van der Waals surface area contributed by atoms with Gasteiger partial charge in [0, 0.05) is 19.1 Å². The summed E-state index contributed by atoms with van der Waals surface area (Å²) in [7, 11) is 0.